The predicted molar refractivity (Wildman–Crippen MR) is 63.9 cm³/mol. The maximum absolute atomic E-state index is 12.1. The minimum Gasteiger partial charge on any atom is -0.396 e. The predicted octanol–water partition coefficient (Wildman–Crippen LogP) is 0.464. The first-order valence-electron chi connectivity index (χ1n) is 5.78. The molecule has 17 heavy (non-hydrogen) atoms. The molecule has 1 aromatic heterocycles. The van der Waals surface area contributed by atoms with E-state index in [0.29, 0.717) is 0 Å². The summed E-state index contributed by atoms with van der Waals surface area (Å²) in [6.45, 7) is 0.0436. The van der Waals surface area contributed by atoms with Crippen molar-refractivity contribution in [1.29, 1.82) is 0 Å². The molecule has 0 amide bonds. The average Bonchev–Trinajstić information content (AvgIpc) is 2.86. The highest BCUT2D eigenvalue weighted by atomic mass is 32.2. The summed E-state index contributed by atoms with van der Waals surface area (Å²) < 4.78 is 28.5. The van der Waals surface area contributed by atoms with E-state index in [1.807, 2.05) is 0 Å². The van der Waals surface area contributed by atoms with Gasteiger partial charge in [0, 0.05) is 32.1 Å². The second kappa shape index (κ2) is 4.80. The third kappa shape index (κ3) is 2.70. The van der Waals surface area contributed by atoms with E-state index in [4.69, 9.17) is 5.11 Å². The standard InChI is InChI=1S/C11H18N2O3S/c1-13-6-5-10(7-13)17(15,16)12-11-4-2-3-9(11)8-14/h5-7,9,11-12,14H,2-4,8H2,1H3. The van der Waals surface area contributed by atoms with Crippen LogP contribution in [0.2, 0.25) is 0 Å². The number of aliphatic hydroxyl groups is 1. The van der Waals surface area contributed by atoms with Crippen molar-refractivity contribution in [1.82, 2.24) is 9.29 Å². The number of nitrogens with one attached hydrogen (secondary N) is 1. The van der Waals surface area contributed by atoms with Crippen LogP contribution in [-0.4, -0.2) is 30.7 Å². The second-order valence-electron chi connectivity index (χ2n) is 4.61. The van der Waals surface area contributed by atoms with Crippen LogP contribution in [0, 0.1) is 5.92 Å². The molecule has 2 unspecified atom stereocenters. The Kier molecular flexibility index (Phi) is 3.56. The van der Waals surface area contributed by atoms with Crippen molar-refractivity contribution in [3.8, 4) is 0 Å². The monoisotopic (exact) mass is 258 g/mol. The van der Waals surface area contributed by atoms with Gasteiger partial charge in [-0.25, -0.2) is 13.1 Å². The number of nitrogens with zero attached hydrogens (tertiary/aromatic N) is 1. The first-order chi connectivity index (χ1) is 8.03. The van der Waals surface area contributed by atoms with Gasteiger partial charge in [-0.15, -0.1) is 0 Å². The van der Waals surface area contributed by atoms with E-state index in [9.17, 15) is 8.42 Å². The van der Waals surface area contributed by atoms with Gasteiger partial charge in [0.2, 0.25) is 10.0 Å². The van der Waals surface area contributed by atoms with Gasteiger partial charge >= 0.3 is 0 Å². The molecule has 1 fully saturated rings. The van der Waals surface area contributed by atoms with E-state index in [1.165, 1.54) is 0 Å². The summed E-state index contributed by atoms with van der Waals surface area (Å²) in [5, 5.41) is 9.17. The van der Waals surface area contributed by atoms with Crippen LogP contribution < -0.4 is 4.72 Å². The van der Waals surface area contributed by atoms with Gasteiger partial charge in [0.05, 0.1) is 4.90 Å². The number of aryl methyl sites for hydroxylation is 1. The van der Waals surface area contributed by atoms with Crippen molar-refractivity contribution < 1.29 is 13.5 Å². The van der Waals surface area contributed by atoms with Crippen LogP contribution in [0.25, 0.3) is 0 Å². The van der Waals surface area contributed by atoms with Gasteiger partial charge in [-0.3, -0.25) is 0 Å². The summed E-state index contributed by atoms with van der Waals surface area (Å²) in [6.07, 6.45) is 5.93. The Morgan fingerprint density at radius 1 is 1.53 bits per heavy atom. The molecule has 0 bridgehead atoms. The third-order valence-corrected chi connectivity index (χ3v) is 4.79. The Morgan fingerprint density at radius 2 is 2.29 bits per heavy atom. The Labute approximate surface area is 102 Å². The number of rotatable bonds is 4. The highest BCUT2D eigenvalue weighted by molar-refractivity contribution is 7.89. The second-order valence-corrected chi connectivity index (χ2v) is 6.33. The van der Waals surface area contributed by atoms with Gasteiger partial charge in [-0.1, -0.05) is 6.42 Å². The zero-order chi connectivity index (χ0) is 12.5. The van der Waals surface area contributed by atoms with Crippen molar-refractivity contribution >= 4 is 10.0 Å². The molecule has 0 saturated heterocycles. The highest BCUT2D eigenvalue weighted by Gasteiger charge is 2.30. The average molecular weight is 258 g/mol. The lowest BCUT2D eigenvalue weighted by atomic mass is 10.1. The van der Waals surface area contributed by atoms with Gasteiger partial charge < -0.3 is 9.67 Å². The molecule has 96 valence electrons. The zero-order valence-corrected chi connectivity index (χ0v) is 10.7. The lowest BCUT2D eigenvalue weighted by Crippen LogP contribution is -2.38. The van der Waals surface area contributed by atoms with E-state index in [1.54, 1.807) is 30.1 Å². The summed E-state index contributed by atoms with van der Waals surface area (Å²) in [6, 6.07) is 1.44. The number of sulfonamides is 1. The van der Waals surface area contributed by atoms with Crippen LogP contribution in [0.4, 0.5) is 0 Å². The van der Waals surface area contributed by atoms with E-state index < -0.39 is 10.0 Å². The minimum absolute atomic E-state index is 0.0436. The minimum atomic E-state index is -3.45. The fourth-order valence-corrected chi connectivity index (χ4v) is 3.70. The summed E-state index contributed by atoms with van der Waals surface area (Å²) >= 11 is 0. The van der Waals surface area contributed by atoms with Crippen LogP contribution in [0.5, 0.6) is 0 Å². The highest BCUT2D eigenvalue weighted by Crippen LogP contribution is 2.26. The fraction of sp³-hybridized carbons (Fsp3) is 0.636. The summed E-state index contributed by atoms with van der Waals surface area (Å²) in [4.78, 5) is 0.281. The van der Waals surface area contributed by atoms with Crippen LogP contribution >= 0.6 is 0 Å². The summed E-state index contributed by atoms with van der Waals surface area (Å²) in [7, 11) is -1.66. The topological polar surface area (TPSA) is 71.3 Å². The molecule has 2 atom stereocenters. The maximum atomic E-state index is 12.1. The lowest BCUT2D eigenvalue weighted by Gasteiger charge is -2.18. The number of aliphatic hydroxyl groups excluding tert-OH is 1. The van der Waals surface area contributed by atoms with Crippen molar-refractivity contribution in [3.63, 3.8) is 0 Å². The number of hydrogen-bond acceptors (Lipinski definition) is 3. The third-order valence-electron chi connectivity index (χ3n) is 3.32. The molecule has 2 rings (SSSR count). The van der Waals surface area contributed by atoms with Crippen molar-refractivity contribution in [3.05, 3.63) is 18.5 Å². The van der Waals surface area contributed by atoms with E-state index in [2.05, 4.69) is 4.72 Å². The van der Waals surface area contributed by atoms with E-state index >= 15 is 0 Å². The van der Waals surface area contributed by atoms with Crippen molar-refractivity contribution in [2.24, 2.45) is 13.0 Å². The molecule has 0 aromatic carbocycles. The summed E-state index contributed by atoms with van der Waals surface area (Å²) in [5.41, 5.74) is 0. The Hall–Kier alpha value is -0.850. The number of hydrogen-bond donors (Lipinski definition) is 2. The molecule has 1 heterocycles. The first-order valence-corrected chi connectivity index (χ1v) is 7.26. The normalized spacial score (nSPS) is 25.3. The molecule has 0 spiro atoms. The molecular weight excluding hydrogens is 240 g/mol. The van der Waals surface area contributed by atoms with Gasteiger partial charge in [0.1, 0.15) is 0 Å². The molecular formula is C11H18N2O3S. The smallest absolute Gasteiger partial charge is 0.242 e. The van der Waals surface area contributed by atoms with Crippen molar-refractivity contribution in [2.75, 3.05) is 6.61 Å². The molecule has 6 heteroatoms. The molecule has 1 saturated carbocycles. The largest absolute Gasteiger partial charge is 0.396 e. The SMILES string of the molecule is Cn1ccc(S(=O)(=O)NC2CCCC2CO)c1. The number of aromatic nitrogens is 1. The zero-order valence-electron chi connectivity index (χ0n) is 9.83. The molecule has 2 N–H and O–H groups in total. The Morgan fingerprint density at radius 3 is 2.88 bits per heavy atom. The van der Waals surface area contributed by atoms with Gasteiger partial charge in [-0.05, 0) is 24.8 Å². The van der Waals surface area contributed by atoms with Crippen molar-refractivity contribution in [2.45, 2.75) is 30.2 Å². The van der Waals surface area contributed by atoms with Crippen LogP contribution in [-0.2, 0) is 17.1 Å². The quantitative estimate of drug-likeness (QED) is 0.824. The van der Waals surface area contributed by atoms with Gasteiger partial charge in [-0.2, -0.15) is 0 Å². The molecule has 0 radical (unpaired) electrons. The molecule has 0 aliphatic heterocycles. The van der Waals surface area contributed by atoms with E-state index in [-0.39, 0.29) is 23.5 Å². The molecule has 5 nitrogen and oxygen atoms in total. The van der Waals surface area contributed by atoms with Crippen LogP contribution in [0.1, 0.15) is 19.3 Å². The lowest BCUT2D eigenvalue weighted by molar-refractivity contribution is 0.213. The maximum Gasteiger partial charge on any atom is 0.242 e. The Balaban J connectivity index is 2.12. The van der Waals surface area contributed by atoms with Crippen LogP contribution in [0.3, 0.4) is 0 Å². The molecule has 1 aliphatic carbocycles. The fourth-order valence-electron chi connectivity index (χ4n) is 2.31. The van der Waals surface area contributed by atoms with Gasteiger partial charge in [0.25, 0.3) is 0 Å². The van der Waals surface area contributed by atoms with E-state index in [0.717, 1.165) is 19.3 Å². The van der Waals surface area contributed by atoms with Crippen LogP contribution in [0.15, 0.2) is 23.4 Å². The Bertz CT molecular complexity index is 481. The van der Waals surface area contributed by atoms with Gasteiger partial charge in [0.15, 0.2) is 0 Å². The molecule has 1 aromatic rings. The molecule has 1 aliphatic rings. The summed E-state index contributed by atoms with van der Waals surface area (Å²) in [5.74, 6) is 0.0495. The first kappa shape index (κ1) is 12.6.